The molecular formula is C15H25N3O. The van der Waals surface area contributed by atoms with Crippen LogP contribution in [0.5, 0.6) is 0 Å². The number of rotatable bonds is 5. The van der Waals surface area contributed by atoms with Gasteiger partial charge in [-0.05, 0) is 31.6 Å². The van der Waals surface area contributed by atoms with Crippen LogP contribution in [-0.4, -0.2) is 54.2 Å². The standard InChI is InChI=1S/C15H25N3O/c1-17(2)10-14-7-15(19)11-18(14)9-13-5-3-12(8-16)4-6-13/h3-6,14-15,19H,7-11,16H2,1-2H3. The van der Waals surface area contributed by atoms with Crippen LogP contribution in [0.3, 0.4) is 0 Å². The fourth-order valence-electron chi connectivity index (χ4n) is 2.78. The first kappa shape index (κ1) is 14.5. The molecule has 19 heavy (non-hydrogen) atoms. The SMILES string of the molecule is CN(C)CC1CC(O)CN1Cc1ccc(CN)cc1. The van der Waals surface area contributed by atoms with Crippen molar-refractivity contribution in [2.45, 2.75) is 31.7 Å². The Labute approximate surface area is 115 Å². The van der Waals surface area contributed by atoms with Crippen molar-refractivity contribution < 1.29 is 5.11 Å². The van der Waals surface area contributed by atoms with Crippen LogP contribution in [0, 0.1) is 0 Å². The molecule has 2 rings (SSSR count). The molecular weight excluding hydrogens is 238 g/mol. The van der Waals surface area contributed by atoms with Crippen molar-refractivity contribution in [3.05, 3.63) is 35.4 Å². The smallest absolute Gasteiger partial charge is 0.0682 e. The van der Waals surface area contributed by atoms with Gasteiger partial charge >= 0.3 is 0 Å². The molecule has 3 N–H and O–H groups in total. The van der Waals surface area contributed by atoms with E-state index in [-0.39, 0.29) is 6.10 Å². The van der Waals surface area contributed by atoms with Gasteiger partial charge < -0.3 is 15.7 Å². The third-order valence-corrected chi connectivity index (χ3v) is 3.73. The number of aliphatic hydroxyl groups excluding tert-OH is 1. The molecule has 0 saturated carbocycles. The minimum absolute atomic E-state index is 0.187. The van der Waals surface area contributed by atoms with E-state index in [9.17, 15) is 5.11 Å². The van der Waals surface area contributed by atoms with Gasteiger partial charge in [0.2, 0.25) is 0 Å². The van der Waals surface area contributed by atoms with Gasteiger partial charge in [0.25, 0.3) is 0 Å². The molecule has 1 aliphatic rings. The molecule has 4 heteroatoms. The van der Waals surface area contributed by atoms with Crippen LogP contribution in [-0.2, 0) is 13.1 Å². The van der Waals surface area contributed by atoms with Crippen LogP contribution in [0.25, 0.3) is 0 Å². The minimum atomic E-state index is -0.187. The lowest BCUT2D eigenvalue weighted by atomic mass is 10.1. The molecule has 1 aromatic carbocycles. The van der Waals surface area contributed by atoms with E-state index in [0.29, 0.717) is 12.6 Å². The van der Waals surface area contributed by atoms with Gasteiger partial charge in [0, 0.05) is 32.2 Å². The molecule has 106 valence electrons. The molecule has 0 radical (unpaired) electrons. The van der Waals surface area contributed by atoms with Crippen molar-refractivity contribution >= 4 is 0 Å². The van der Waals surface area contributed by atoms with Gasteiger partial charge in [-0.2, -0.15) is 0 Å². The van der Waals surface area contributed by atoms with Gasteiger partial charge in [-0.3, -0.25) is 4.90 Å². The molecule has 1 heterocycles. The lowest BCUT2D eigenvalue weighted by molar-refractivity contribution is 0.169. The minimum Gasteiger partial charge on any atom is -0.392 e. The maximum Gasteiger partial charge on any atom is 0.0682 e. The van der Waals surface area contributed by atoms with Gasteiger partial charge in [-0.25, -0.2) is 0 Å². The van der Waals surface area contributed by atoms with Crippen LogP contribution < -0.4 is 5.73 Å². The summed E-state index contributed by atoms with van der Waals surface area (Å²) in [7, 11) is 4.16. The number of hydrogen-bond donors (Lipinski definition) is 2. The van der Waals surface area contributed by atoms with E-state index in [1.165, 1.54) is 5.56 Å². The number of likely N-dealkylation sites (tertiary alicyclic amines) is 1. The average molecular weight is 263 g/mol. The second-order valence-electron chi connectivity index (χ2n) is 5.76. The molecule has 1 fully saturated rings. The molecule has 1 aromatic rings. The van der Waals surface area contributed by atoms with Crippen LogP contribution in [0.1, 0.15) is 17.5 Å². The number of nitrogens with zero attached hydrogens (tertiary/aromatic N) is 2. The quantitative estimate of drug-likeness (QED) is 0.819. The molecule has 2 atom stereocenters. The summed E-state index contributed by atoms with van der Waals surface area (Å²) >= 11 is 0. The Balaban J connectivity index is 1.99. The highest BCUT2D eigenvalue weighted by atomic mass is 16.3. The first-order chi connectivity index (χ1) is 9.08. The third kappa shape index (κ3) is 4.01. The first-order valence-corrected chi connectivity index (χ1v) is 6.93. The fourth-order valence-corrected chi connectivity index (χ4v) is 2.78. The van der Waals surface area contributed by atoms with E-state index >= 15 is 0 Å². The normalized spacial score (nSPS) is 24.3. The van der Waals surface area contributed by atoms with Crippen molar-refractivity contribution in [2.24, 2.45) is 5.73 Å². The molecule has 0 aromatic heterocycles. The summed E-state index contributed by atoms with van der Waals surface area (Å²) in [6, 6.07) is 8.89. The number of β-amino-alcohol motifs (C(OH)–C–C–N with tert-alkyl or cyclic N) is 1. The monoisotopic (exact) mass is 263 g/mol. The largest absolute Gasteiger partial charge is 0.392 e. The Morgan fingerprint density at radius 3 is 2.47 bits per heavy atom. The van der Waals surface area contributed by atoms with Crippen LogP contribution in [0.2, 0.25) is 0 Å². The summed E-state index contributed by atoms with van der Waals surface area (Å²) in [4.78, 5) is 4.56. The number of benzene rings is 1. The Morgan fingerprint density at radius 1 is 1.26 bits per heavy atom. The number of hydrogen-bond acceptors (Lipinski definition) is 4. The highest BCUT2D eigenvalue weighted by molar-refractivity contribution is 5.22. The van der Waals surface area contributed by atoms with E-state index < -0.39 is 0 Å². The summed E-state index contributed by atoms with van der Waals surface area (Å²) in [6.07, 6.45) is 0.687. The van der Waals surface area contributed by atoms with Crippen LogP contribution in [0.4, 0.5) is 0 Å². The lowest BCUT2D eigenvalue weighted by Gasteiger charge is -2.26. The Bertz CT molecular complexity index is 391. The molecule has 2 unspecified atom stereocenters. The van der Waals surface area contributed by atoms with Crippen LogP contribution in [0.15, 0.2) is 24.3 Å². The average Bonchev–Trinajstić information content (AvgIpc) is 2.69. The molecule has 1 saturated heterocycles. The van der Waals surface area contributed by atoms with Crippen LogP contribution >= 0.6 is 0 Å². The Hall–Kier alpha value is -0.940. The maximum absolute atomic E-state index is 9.87. The zero-order valence-corrected chi connectivity index (χ0v) is 11.9. The van der Waals surface area contributed by atoms with Gasteiger partial charge in [0.05, 0.1) is 6.10 Å². The van der Waals surface area contributed by atoms with Gasteiger partial charge in [0.15, 0.2) is 0 Å². The predicted octanol–water partition coefficient (Wildman–Crippen LogP) is 0.642. The summed E-state index contributed by atoms with van der Waals surface area (Å²) in [5, 5.41) is 9.87. The van der Waals surface area contributed by atoms with E-state index in [0.717, 1.165) is 31.6 Å². The zero-order valence-electron chi connectivity index (χ0n) is 11.9. The summed E-state index contributed by atoms with van der Waals surface area (Å²) in [5.74, 6) is 0. The fraction of sp³-hybridized carbons (Fsp3) is 0.600. The van der Waals surface area contributed by atoms with Crippen molar-refractivity contribution in [2.75, 3.05) is 27.2 Å². The lowest BCUT2D eigenvalue weighted by Crippen LogP contribution is -2.37. The Morgan fingerprint density at radius 2 is 1.89 bits per heavy atom. The zero-order chi connectivity index (χ0) is 13.8. The summed E-state index contributed by atoms with van der Waals surface area (Å²) < 4.78 is 0. The summed E-state index contributed by atoms with van der Waals surface area (Å²) in [5.41, 5.74) is 8.06. The van der Waals surface area contributed by atoms with E-state index in [1.54, 1.807) is 0 Å². The number of likely N-dealkylation sites (N-methyl/N-ethyl adjacent to an activating group) is 1. The van der Waals surface area contributed by atoms with E-state index in [2.05, 4.69) is 48.2 Å². The third-order valence-electron chi connectivity index (χ3n) is 3.73. The van der Waals surface area contributed by atoms with E-state index in [4.69, 9.17) is 5.73 Å². The highest BCUT2D eigenvalue weighted by Gasteiger charge is 2.30. The van der Waals surface area contributed by atoms with Crippen molar-refractivity contribution in [3.63, 3.8) is 0 Å². The topological polar surface area (TPSA) is 52.7 Å². The number of nitrogens with two attached hydrogens (primary N) is 1. The highest BCUT2D eigenvalue weighted by Crippen LogP contribution is 2.21. The van der Waals surface area contributed by atoms with Crippen molar-refractivity contribution in [1.82, 2.24) is 9.80 Å². The van der Waals surface area contributed by atoms with E-state index in [1.807, 2.05) is 0 Å². The molecule has 0 amide bonds. The molecule has 0 spiro atoms. The Kier molecular flexibility index (Phi) is 4.93. The molecule has 1 aliphatic heterocycles. The predicted molar refractivity (Wildman–Crippen MR) is 77.7 cm³/mol. The second kappa shape index (κ2) is 6.48. The maximum atomic E-state index is 9.87. The van der Waals surface area contributed by atoms with Crippen molar-refractivity contribution in [1.29, 1.82) is 0 Å². The number of aliphatic hydroxyl groups is 1. The first-order valence-electron chi connectivity index (χ1n) is 6.93. The molecule has 4 nitrogen and oxygen atoms in total. The summed E-state index contributed by atoms with van der Waals surface area (Å²) in [6.45, 7) is 3.27. The van der Waals surface area contributed by atoms with Gasteiger partial charge in [-0.15, -0.1) is 0 Å². The van der Waals surface area contributed by atoms with Crippen molar-refractivity contribution in [3.8, 4) is 0 Å². The van der Waals surface area contributed by atoms with Gasteiger partial charge in [-0.1, -0.05) is 24.3 Å². The molecule has 0 aliphatic carbocycles. The molecule has 0 bridgehead atoms. The van der Waals surface area contributed by atoms with Gasteiger partial charge in [0.1, 0.15) is 0 Å². The second-order valence-corrected chi connectivity index (χ2v) is 5.76.